The number of ether oxygens (including phenoxy) is 1. The number of benzene rings is 2. The van der Waals surface area contributed by atoms with Crippen molar-refractivity contribution >= 4 is 17.7 Å². The van der Waals surface area contributed by atoms with Crippen LogP contribution in [-0.4, -0.2) is 83.2 Å². The molecule has 3 amide bonds. The van der Waals surface area contributed by atoms with Crippen molar-refractivity contribution in [2.24, 2.45) is 5.41 Å². The number of alkyl halides is 2. The highest BCUT2D eigenvalue weighted by molar-refractivity contribution is 5.97. The van der Waals surface area contributed by atoms with Crippen molar-refractivity contribution in [3.05, 3.63) is 64.7 Å². The monoisotopic (exact) mass is 575 g/mol. The molecule has 0 unspecified atom stereocenters. The number of nitrogens with one attached hydrogen (secondary N) is 2. The second kappa shape index (κ2) is 12.5. The molecule has 224 valence electrons. The molecule has 4 atom stereocenters. The molecule has 9 nitrogen and oxygen atoms in total. The fraction of sp³-hybridized carbons (Fsp3) is 0.500. The Bertz CT molecular complexity index is 1270. The fourth-order valence-electron chi connectivity index (χ4n) is 4.97. The van der Waals surface area contributed by atoms with E-state index in [0.717, 1.165) is 0 Å². The maximum atomic E-state index is 15.2. The molecule has 3 rings (SSSR count). The molecule has 0 radical (unpaired) electrons. The van der Waals surface area contributed by atoms with Crippen LogP contribution in [0.5, 0.6) is 5.75 Å². The number of phenols is 1. The lowest BCUT2D eigenvalue weighted by Gasteiger charge is -2.34. The van der Waals surface area contributed by atoms with Gasteiger partial charge in [0.25, 0.3) is 17.7 Å². The number of hydrogen-bond donors (Lipinski definition) is 4. The van der Waals surface area contributed by atoms with Gasteiger partial charge in [-0.15, -0.1) is 0 Å². The number of amides is 3. The van der Waals surface area contributed by atoms with Crippen molar-refractivity contribution in [3.63, 3.8) is 0 Å². The summed E-state index contributed by atoms with van der Waals surface area (Å²) in [7, 11) is 1.44. The first kappa shape index (κ1) is 32.0. The standard InChI is InChI=1S/C30H39F2N3O6/c1-17-12-21(19(3)23(36)13-17)26(38)34-22(14-20-10-8-7-9-11-20)24(37)28(40)35-16-30(31,32)29(4,5)25(35)27(39)33-15-18(2)41-6/h7-13,18,22,24-25,36-37H,14-16H2,1-6H3,(H,33,39)(H,34,38)/t18-,22+,24+,25+/m1/s1. The topological polar surface area (TPSA) is 128 Å². The molecule has 1 aliphatic heterocycles. The van der Waals surface area contributed by atoms with E-state index in [1.165, 1.54) is 27.0 Å². The van der Waals surface area contributed by atoms with Gasteiger partial charge in [-0.3, -0.25) is 14.4 Å². The molecule has 2 aromatic rings. The van der Waals surface area contributed by atoms with Gasteiger partial charge in [-0.1, -0.05) is 44.2 Å². The van der Waals surface area contributed by atoms with E-state index in [1.807, 2.05) is 0 Å². The van der Waals surface area contributed by atoms with Crippen molar-refractivity contribution in [2.75, 3.05) is 20.2 Å². The summed E-state index contributed by atoms with van der Waals surface area (Å²) in [6, 6.07) is 8.97. The van der Waals surface area contributed by atoms with Crippen LogP contribution in [0.1, 0.15) is 47.8 Å². The number of halogens is 2. The predicted molar refractivity (Wildman–Crippen MR) is 149 cm³/mol. The number of likely N-dealkylation sites (tertiary alicyclic amines) is 1. The van der Waals surface area contributed by atoms with Gasteiger partial charge in [0, 0.05) is 24.8 Å². The first-order chi connectivity index (χ1) is 19.1. The van der Waals surface area contributed by atoms with E-state index in [2.05, 4.69) is 10.6 Å². The molecule has 0 aliphatic carbocycles. The maximum Gasteiger partial charge on any atom is 0.272 e. The highest BCUT2D eigenvalue weighted by Gasteiger charge is 2.64. The Morgan fingerprint density at radius 1 is 1.15 bits per heavy atom. The Balaban J connectivity index is 1.95. The molecule has 4 N–H and O–H groups in total. The van der Waals surface area contributed by atoms with E-state index >= 15 is 8.78 Å². The van der Waals surface area contributed by atoms with Gasteiger partial charge in [-0.25, -0.2) is 8.78 Å². The van der Waals surface area contributed by atoms with Gasteiger partial charge in [-0.05, 0) is 50.5 Å². The third-order valence-corrected chi connectivity index (χ3v) is 7.82. The number of hydrogen-bond acceptors (Lipinski definition) is 6. The van der Waals surface area contributed by atoms with Crippen LogP contribution in [0, 0.1) is 19.3 Å². The molecule has 1 saturated heterocycles. The minimum Gasteiger partial charge on any atom is -0.508 e. The predicted octanol–water partition coefficient (Wildman–Crippen LogP) is 2.73. The quantitative estimate of drug-likeness (QED) is 0.345. The van der Waals surface area contributed by atoms with Crippen molar-refractivity contribution < 1.29 is 38.1 Å². The average Bonchev–Trinajstić information content (AvgIpc) is 3.11. The summed E-state index contributed by atoms with van der Waals surface area (Å²) in [6.07, 6.45) is -2.36. The van der Waals surface area contributed by atoms with Crippen LogP contribution >= 0.6 is 0 Å². The molecule has 0 aromatic heterocycles. The number of rotatable bonds is 10. The number of aliphatic hydroxyl groups is 1. The zero-order valence-electron chi connectivity index (χ0n) is 24.2. The smallest absolute Gasteiger partial charge is 0.272 e. The summed E-state index contributed by atoms with van der Waals surface area (Å²) in [5.41, 5.74) is -0.220. The third kappa shape index (κ3) is 6.84. The van der Waals surface area contributed by atoms with Gasteiger partial charge in [0.2, 0.25) is 5.91 Å². The second-order valence-corrected chi connectivity index (χ2v) is 11.3. The highest BCUT2D eigenvalue weighted by Crippen LogP contribution is 2.48. The lowest BCUT2D eigenvalue weighted by molar-refractivity contribution is -0.148. The van der Waals surface area contributed by atoms with Crippen molar-refractivity contribution in [1.82, 2.24) is 15.5 Å². The van der Waals surface area contributed by atoms with Gasteiger partial charge in [-0.2, -0.15) is 0 Å². The molecular formula is C30H39F2N3O6. The zero-order valence-corrected chi connectivity index (χ0v) is 24.2. The molecule has 1 heterocycles. The number of carbonyl (C=O) groups is 3. The van der Waals surface area contributed by atoms with E-state index in [-0.39, 0.29) is 24.3 Å². The highest BCUT2D eigenvalue weighted by atomic mass is 19.3. The van der Waals surface area contributed by atoms with Crippen LogP contribution in [0.2, 0.25) is 0 Å². The van der Waals surface area contributed by atoms with E-state index < -0.39 is 59.9 Å². The zero-order chi connectivity index (χ0) is 30.7. The Hall–Kier alpha value is -3.57. The molecule has 41 heavy (non-hydrogen) atoms. The lowest BCUT2D eigenvalue weighted by Crippen LogP contribution is -2.58. The van der Waals surface area contributed by atoms with Gasteiger partial charge < -0.3 is 30.5 Å². The summed E-state index contributed by atoms with van der Waals surface area (Å²) >= 11 is 0. The summed E-state index contributed by atoms with van der Waals surface area (Å²) in [4.78, 5) is 40.9. The fourth-order valence-corrected chi connectivity index (χ4v) is 4.97. The summed E-state index contributed by atoms with van der Waals surface area (Å²) in [5.74, 6) is -6.11. The van der Waals surface area contributed by atoms with Crippen LogP contribution in [0.15, 0.2) is 42.5 Å². The van der Waals surface area contributed by atoms with E-state index in [4.69, 9.17) is 4.74 Å². The van der Waals surface area contributed by atoms with Crippen LogP contribution in [0.4, 0.5) is 8.78 Å². The molecular weight excluding hydrogens is 536 g/mol. The molecule has 1 fully saturated rings. The first-order valence-electron chi connectivity index (χ1n) is 13.4. The Kier molecular flexibility index (Phi) is 9.76. The molecule has 2 aromatic carbocycles. The minimum absolute atomic E-state index is 0.00776. The minimum atomic E-state index is -3.44. The average molecular weight is 576 g/mol. The molecule has 0 bridgehead atoms. The largest absolute Gasteiger partial charge is 0.508 e. The van der Waals surface area contributed by atoms with Crippen molar-refractivity contribution in [2.45, 2.75) is 71.3 Å². The number of aliphatic hydroxyl groups excluding tert-OH is 1. The maximum absolute atomic E-state index is 15.2. The summed E-state index contributed by atoms with van der Waals surface area (Å²) in [6.45, 7) is 6.30. The van der Waals surface area contributed by atoms with Gasteiger partial charge in [0.05, 0.1) is 24.1 Å². The lowest BCUT2D eigenvalue weighted by atomic mass is 9.81. The van der Waals surface area contributed by atoms with Crippen LogP contribution < -0.4 is 10.6 Å². The Morgan fingerprint density at radius 3 is 2.39 bits per heavy atom. The van der Waals surface area contributed by atoms with Gasteiger partial charge in [0.1, 0.15) is 11.8 Å². The second-order valence-electron chi connectivity index (χ2n) is 11.3. The number of aromatic hydroxyl groups is 1. The molecule has 0 spiro atoms. The molecule has 1 aliphatic rings. The number of carbonyl (C=O) groups excluding carboxylic acids is 3. The molecule has 11 heteroatoms. The van der Waals surface area contributed by atoms with Gasteiger partial charge in [0.15, 0.2) is 6.10 Å². The molecule has 0 saturated carbocycles. The number of phenolic OH excluding ortho intramolecular Hbond substituents is 1. The number of nitrogens with zero attached hydrogens (tertiary/aromatic N) is 1. The first-order valence-corrected chi connectivity index (χ1v) is 13.4. The number of aryl methyl sites for hydroxylation is 1. The number of methoxy groups -OCH3 is 1. The third-order valence-electron chi connectivity index (χ3n) is 7.82. The van der Waals surface area contributed by atoms with Crippen LogP contribution in [-0.2, 0) is 20.7 Å². The van der Waals surface area contributed by atoms with E-state index in [1.54, 1.807) is 57.2 Å². The van der Waals surface area contributed by atoms with E-state index in [0.29, 0.717) is 21.6 Å². The summed E-state index contributed by atoms with van der Waals surface area (Å²) in [5, 5.41) is 26.8. The normalized spacial score (nSPS) is 19.7. The SMILES string of the molecule is CO[C@H](C)CNC(=O)[C@@H]1N(C(=O)[C@@H](O)[C@H](Cc2ccccc2)NC(=O)c2cc(C)cc(O)c2C)CC(F)(F)C1(C)C. The summed E-state index contributed by atoms with van der Waals surface area (Å²) < 4.78 is 35.5. The van der Waals surface area contributed by atoms with Crippen molar-refractivity contribution in [3.8, 4) is 5.75 Å². The Morgan fingerprint density at radius 2 is 1.78 bits per heavy atom. The van der Waals surface area contributed by atoms with Crippen LogP contribution in [0.25, 0.3) is 0 Å². The van der Waals surface area contributed by atoms with Crippen LogP contribution in [0.3, 0.4) is 0 Å². The van der Waals surface area contributed by atoms with E-state index in [9.17, 15) is 24.6 Å². The van der Waals surface area contributed by atoms with Crippen molar-refractivity contribution in [1.29, 1.82) is 0 Å². The van der Waals surface area contributed by atoms with Gasteiger partial charge >= 0.3 is 0 Å². The Labute approximate surface area is 238 Å².